The fourth-order valence-electron chi connectivity index (χ4n) is 2.52. The highest BCUT2D eigenvalue weighted by molar-refractivity contribution is 4.80. The minimum atomic E-state index is 0.298. The van der Waals surface area contributed by atoms with Gasteiger partial charge in [0, 0.05) is 19.2 Å². The van der Waals surface area contributed by atoms with Crippen LogP contribution >= 0.6 is 0 Å². The highest BCUT2D eigenvalue weighted by atomic mass is 16.3. The Kier molecular flexibility index (Phi) is 7.20. The summed E-state index contributed by atoms with van der Waals surface area (Å²) in [5.41, 5.74) is 6.05. The molecule has 0 spiro atoms. The summed E-state index contributed by atoms with van der Waals surface area (Å²) in [6, 6.07) is 0.805. The molecule has 0 atom stereocenters. The molecule has 0 saturated heterocycles. The normalized spacial score (nSPS) is 17.2. The van der Waals surface area contributed by atoms with Gasteiger partial charge in [0.05, 0.1) is 0 Å². The van der Waals surface area contributed by atoms with Gasteiger partial charge in [-0.1, -0.05) is 26.7 Å². The summed E-state index contributed by atoms with van der Waals surface area (Å²) >= 11 is 0. The quantitative estimate of drug-likeness (QED) is 0.590. The number of hydrogen-bond donors (Lipinski definition) is 2. The van der Waals surface area contributed by atoms with Gasteiger partial charge in [0.2, 0.25) is 0 Å². The van der Waals surface area contributed by atoms with Gasteiger partial charge in [0.1, 0.15) is 0 Å². The van der Waals surface area contributed by atoms with Gasteiger partial charge in [-0.15, -0.1) is 0 Å². The van der Waals surface area contributed by atoms with Crippen LogP contribution in [-0.2, 0) is 0 Å². The average Bonchev–Trinajstić information content (AvgIpc) is 2.28. The molecule has 0 aromatic heterocycles. The average molecular weight is 256 g/mol. The lowest BCUT2D eigenvalue weighted by Gasteiger charge is -2.37. The maximum absolute atomic E-state index is 8.96. The van der Waals surface area contributed by atoms with Gasteiger partial charge in [-0.05, 0) is 50.6 Å². The smallest absolute Gasteiger partial charge is 0.0443 e. The molecule has 0 radical (unpaired) electrons. The first kappa shape index (κ1) is 15.9. The van der Waals surface area contributed by atoms with Gasteiger partial charge in [0.25, 0.3) is 0 Å². The molecule has 0 aromatic rings. The van der Waals surface area contributed by atoms with E-state index in [1.165, 1.54) is 45.1 Å². The van der Waals surface area contributed by atoms with Crippen molar-refractivity contribution in [3.05, 3.63) is 0 Å². The zero-order valence-electron chi connectivity index (χ0n) is 12.3. The molecular formula is C15H32N2O. The van der Waals surface area contributed by atoms with E-state index in [9.17, 15) is 0 Å². The molecule has 1 rings (SSSR count). The molecule has 1 fully saturated rings. The van der Waals surface area contributed by atoms with Crippen LogP contribution < -0.4 is 5.73 Å². The van der Waals surface area contributed by atoms with E-state index < -0.39 is 0 Å². The van der Waals surface area contributed by atoms with E-state index in [4.69, 9.17) is 10.8 Å². The fourth-order valence-corrected chi connectivity index (χ4v) is 2.52. The Balaban J connectivity index is 2.16. The Labute approximate surface area is 113 Å². The van der Waals surface area contributed by atoms with Crippen LogP contribution in [0.2, 0.25) is 0 Å². The zero-order chi connectivity index (χ0) is 13.4. The molecule has 0 aliphatic heterocycles. The van der Waals surface area contributed by atoms with E-state index in [0.29, 0.717) is 12.0 Å². The maximum atomic E-state index is 8.96. The van der Waals surface area contributed by atoms with Crippen LogP contribution in [0.1, 0.15) is 58.8 Å². The van der Waals surface area contributed by atoms with Crippen molar-refractivity contribution < 1.29 is 5.11 Å². The number of nitrogens with zero attached hydrogens (tertiary/aromatic N) is 1. The molecule has 0 heterocycles. The molecule has 18 heavy (non-hydrogen) atoms. The first-order chi connectivity index (χ1) is 8.59. The largest absolute Gasteiger partial charge is 0.396 e. The monoisotopic (exact) mass is 256 g/mol. The van der Waals surface area contributed by atoms with Crippen LogP contribution in [0.5, 0.6) is 0 Å². The van der Waals surface area contributed by atoms with Gasteiger partial charge < -0.3 is 15.7 Å². The number of hydrogen-bond acceptors (Lipinski definition) is 3. The Hall–Kier alpha value is -0.120. The van der Waals surface area contributed by atoms with Crippen LogP contribution in [0, 0.1) is 5.41 Å². The van der Waals surface area contributed by atoms with Crippen molar-refractivity contribution in [1.82, 2.24) is 4.90 Å². The van der Waals surface area contributed by atoms with Crippen molar-refractivity contribution in [1.29, 1.82) is 0 Å². The van der Waals surface area contributed by atoms with E-state index in [1.54, 1.807) is 0 Å². The first-order valence-corrected chi connectivity index (χ1v) is 7.64. The molecule has 0 unspecified atom stereocenters. The van der Waals surface area contributed by atoms with Gasteiger partial charge in [-0.2, -0.15) is 0 Å². The molecule has 1 aliphatic rings. The Morgan fingerprint density at radius 1 is 1.17 bits per heavy atom. The molecule has 0 aromatic carbocycles. The van der Waals surface area contributed by atoms with Gasteiger partial charge in [-0.25, -0.2) is 0 Å². The van der Waals surface area contributed by atoms with Gasteiger partial charge in [-0.3, -0.25) is 0 Å². The van der Waals surface area contributed by atoms with E-state index in [2.05, 4.69) is 18.7 Å². The SMILES string of the molecule is CC(C)(CN)CCCCN(CCCO)C1CCC1. The number of unbranched alkanes of at least 4 members (excludes halogenated alkanes) is 1. The van der Waals surface area contributed by atoms with Crippen molar-refractivity contribution in [3.8, 4) is 0 Å². The second-order valence-electron chi connectivity index (χ2n) is 6.52. The van der Waals surface area contributed by atoms with Crippen LogP contribution in [0.3, 0.4) is 0 Å². The number of aliphatic hydroxyl groups is 1. The van der Waals surface area contributed by atoms with Crippen molar-refractivity contribution in [2.24, 2.45) is 11.1 Å². The van der Waals surface area contributed by atoms with Crippen molar-refractivity contribution in [2.75, 3.05) is 26.2 Å². The minimum Gasteiger partial charge on any atom is -0.396 e. The van der Waals surface area contributed by atoms with Gasteiger partial charge in [0.15, 0.2) is 0 Å². The molecule has 3 nitrogen and oxygen atoms in total. The third kappa shape index (κ3) is 5.68. The lowest BCUT2D eigenvalue weighted by atomic mass is 9.87. The predicted octanol–water partition coefficient (Wildman–Crippen LogP) is 2.38. The molecule has 1 aliphatic carbocycles. The maximum Gasteiger partial charge on any atom is 0.0443 e. The van der Waals surface area contributed by atoms with E-state index in [0.717, 1.165) is 25.6 Å². The molecule has 0 amide bonds. The summed E-state index contributed by atoms with van der Waals surface area (Å²) in [5, 5.41) is 8.96. The lowest BCUT2D eigenvalue weighted by Crippen LogP contribution is -2.41. The summed E-state index contributed by atoms with van der Waals surface area (Å²) in [4.78, 5) is 2.59. The Bertz CT molecular complexity index is 215. The van der Waals surface area contributed by atoms with Crippen LogP contribution in [0.4, 0.5) is 0 Å². The third-order valence-corrected chi connectivity index (χ3v) is 4.30. The highest BCUT2D eigenvalue weighted by Crippen LogP contribution is 2.26. The summed E-state index contributed by atoms with van der Waals surface area (Å²) in [6.07, 6.45) is 8.80. The van der Waals surface area contributed by atoms with Crippen molar-refractivity contribution in [2.45, 2.75) is 64.8 Å². The van der Waals surface area contributed by atoms with E-state index >= 15 is 0 Å². The lowest BCUT2D eigenvalue weighted by molar-refractivity contribution is 0.113. The summed E-state index contributed by atoms with van der Waals surface area (Å²) in [7, 11) is 0. The van der Waals surface area contributed by atoms with Crippen molar-refractivity contribution in [3.63, 3.8) is 0 Å². The summed E-state index contributed by atoms with van der Waals surface area (Å²) in [5.74, 6) is 0. The minimum absolute atomic E-state index is 0.298. The second kappa shape index (κ2) is 8.13. The van der Waals surface area contributed by atoms with E-state index in [1.807, 2.05) is 0 Å². The molecular weight excluding hydrogens is 224 g/mol. The molecule has 1 saturated carbocycles. The number of nitrogens with two attached hydrogens (primary N) is 1. The fraction of sp³-hybridized carbons (Fsp3) is 1.00. The Morgan fingerprint density at radius 2 is 1.83 bits per heavy atom. The summed E-state index contributed by atoms with van der Waals surface area (Å²) < 4.78 is 0. The molecule has 3 heteroatoms. The van der Waals surface area contributed by atoms with Gasteiger partial charge >= 0.3 is 0 Å². The first-order valence-electron chi connectivity index (χ1n) is 7.64. The van der Waals surface area contributed by atoms with Crippen molar-refractivity contribution >= 4 is 0 Å². The zero-order valence-corrected chi connectivity index (χ0v) is 12.3. The molecule has 0 bridgehead atoms. The second-order valence-corrected chi connectivity index (χ2v) is 6.52. The predicted molar refractivity (Wildman–Crippen MR) is 77.6 cm³/mol. The van der Waals surface area contributed by atoms with Crippen LogP contribution in [-0.4, -0.2) is 42.3 Å². The Morgan fingerprint density at radius 3 is 2.33 bits per heavy atom. The highest BCUT2D eigenvalue weighted by Gasteiger charge is 2.24. The standard InChI is InChI=1S/C15H32N2O/c1-15(2,13-16)9-3-4-10-17(11-6-12-18)14-7-5-8-14/h14,18H,3-13,16H2,1-2H3. The van der Waals surface area contributed by atoms with Crippen LogP contribution in [0.25, 0.3) is 0 Å². The number of rotatable bonds is 10. The van der Waals surface area contributed by atoms with Crippen LogP contribution in [0.15, 0.2) is 0 Å². The third-order valence-electron chi connectivity index (χ3n) is 4.30. The number of aliphatic hydroxyl groups excluding tert-OH is 1. The summed E-state index contributed by atoms with van der Waals surface area (Å²) in [6.45, 7) is 7.88. The molecule has 108 valence electrons. The topological polar surface area (TPSA) is 49.5 Å². The molecule has 3 N–H and O–H groups in total. The van der Waals surface area contributed by atoms with E-state index in [-0.39, 0.29) is 0 Å².